The number of ether oxygens (including phenoxy) is 1. The van der Waals surface area contributed by atoms with Crippen molar-refractivity contribution in [2.24, 2.45) is 11.0 Å². The van der Waals surface area contributed by atoms with Crippen molar-refractivity contribution >= 4 is 52.3 Å². The van der Waals surface area contributed by atoms with E-state index in [2.05, 4.69) is 60.0 Å². The maximum absolute atomic E-state index is 10.1. The minimum Gasteiger partial charge on any atom is -0.507 e. The van der Waals surface area contributed by atoms with Crippen molar-refractivity contribution in [2.45, 2.75) is 12.8 Å². The number of phenols is 1. The van der Waals surface area contributed by atoms with Gasteiger partial charge in [-0.3, -0.25) is 0 Å². The molecule has 2 aromatic carbocycles. The summed E-state index contributed by atoms with van der Waals surface area (Å²) in [5.41, 5.74) is 4.60. The molecule has 1 aliphatic carbocycles. The van der Waals surface area contributed by atoms with Crippen molar-refractivity contribution in [3.8, 4) is 5.75 Å². The zero-order valence-electron chi connectivity index (χ0n) is 18.6. The first-order valence-electron chi connectivity index (χ1n) is 11.3. The molecular weight excluding hydrogens is 545 g/mol. The Hall–Kier alpha value is -2.99. The molecule has 9 nitrogen and oxygen atoms in total. The molecule has 10 heteroatoms. The Morgan fingerprint density at radius 1 is 1.12 bits per heavy atom. The molecule has 5 rings (SSSR count). The average molecular weight is 571 g/mol. The molecule has 1 saturated heterocycles. The van der Waals surface area contributed by atoms with E-state index in [0.29, 0.717) is 42.5 Å². The highest BCUT2D eigenvalue weighted by Crippen LogP contribution is 2.34. The quantitative estimate of drug-likeness (QED) is 0.238. The molecule has 0 amide bonds. The molecule has 1 saturated carbocycles. The fraction of sp³-hybridized carbons (Fsp3) is 0.333. The van der Waals surface area contributed by atoms with Gasteiger partial charge in [0, 0.05) is 34.5 Å². The van der Waals surface area contributed by atoms with Crippen LogP contribution in [0.5, 0.6) is 5.75 Å². The molecule has 3 aromatic rings. The van der Waals surface area contributed by atoms with Gasteiger partial charge in [-0.15, -0.1) is 0 Å². The number of anilines is 4. The van der Waals surface area contributed by atoms with E-state index in [1.807, 2.05) is 30.3 Å². The van der Waals surface area contributed by atoms with Gasteiger partial charge in [0.15, 0.2) is 0 Å². The molecule has 2 fully saturated rings. The van der Waals surface area contributed by atoms with E-state index in [9.17, 15) is 5.11 Å². The van der Waals surface area contributed by atoms with E-state index >= 15 is 0 Å². The van der Waals surface area contributed by atoms with Gasteiger partial charge in [0.1, 0.15) is 5.75 Å². The summed E-state index contributed by atoms with van der Waals surface area (Å²) in [6, 6.07) is 15.5. The maximum atomic E-state index is 10.1. The minimum atomic E-state index is 0.163. The second-order valence-corrected chi connectivity index (χ2v) is 9.57. The lowest BCUT2D eigenvalue weighted by molar-refractivity contribution is 0.122. The fourth-order valence-corrected chi connectivity index (χ4v) is 4.20. The molecule has 0 atom stereocenters. The number of nitrogens with zero attached hydrogens (tertiary/aromatic N) is 6. The summed E-state index contributed by atoms with van der Waals surface area (Å²) in [4.78, 5) is 18.5. The number of phenolic OH excluding ortho intramolecular Hbond substituents is 1. The van der Waals surface area contributed by atoms with Crippen molar-refractivity contribution < 1.29 is 9.84 Å². The van der Waals surface area contributed by atoms with Gasteiger partial charge >= 0.3 is 0 Å². The van der Waals surface area contributed by atoms with Gasteiger partial charge in [-0.1, -0.05) is 18.2 Å². The first-order valence-corrected chi connectivity index (χ1v) is 12.4. The third kappa shape index (κ3) is 5.73. The smallest absolute Gasteiger partial charge is 0.250 e. The number of para-hydroxylation sites is 1. The SMILES string of the molecule is Oc1ccc(I)cc1/C=N/Nc1nc(N2CCOCC2)nc(N(CC2CC2)c2ccccc2)n1. The van der Waals surface area contributed by atoms with E-state index in [4.69, 9.17) is 14.7 Å². The van der Waals surface area contributed by atoms with E-state index in [1.165, 1.54) is 12.8 Å². The van der Waals surface area contributed by atoms with E-state index in [1.54, 1.807) is 12.3 Å². The minimum absolute atomic E-state index is 0.163. The average Bonchev–Trinajstić information content (AvgIpc) is 3.70. The van der Waals surface area contributed by atoms with Crippen LogP contribution in [0.2, 0.25) is 0 Å². The summed E-state index contributed by atoms with van der Waals surface area (Å²) >= 11 is 2.20. The molecule has 0 bridgehead atoms. The van der Waals surface area contributed by atoms with Crippen LogP contribution < -0.4 is 15.2 Å². The van der Waals surface area contributed by atoms with Crippen molar-refractivity contribution in [3.05, 3.63) is 57.7 Å². The number of aromatic hydroxyl groups is 1. The van der Waals surface area contributed by atoms with Gasteiger partial charge in [0.25, 0.3) is 0 Å². The Labute approximate surface area is 212 Å². The first kappa shape index (κ1) is 22.8. The fourth-order valence-electron chi connectivity index (χ4n) is 3.69. The molecule has 0 spiro atoms. The first-order chi connectivity index (χ1) is 16.7. The van der Waals surface area contributed by atoms with Gasteiger partial charge in [0.2, 0.25) is 17.8 Å². The van der Waals surface area contributed by atoms with Crippen LogP contribution in [0.4, 0.5) is 23.5 Å². The van der Waals surface area contributed by atoms with Crippen LogP contribution in [0.3, 0.4) is 0 Å². The summed E-state index contributed by atoms with van der Waals surface area (Å²) in [5.74, 6) is 2.34. The van der Waals surface area contributed by atoms with Gasteiger partial charge in [-0.05, 0) is 71.7 Å². The Morgan fingerprint density at radius 3 is 2.68 bits per heavy atom. The van der Waals surface area contributed by atoms with Crippen molar-refractivity contribution in [3.63, 3.8) is 0 Å². The van der Waals surface area contributed by atoms with Crippen LogP contribution in [0, 0.1) is 9.49 Å². The number of hydrazone groups is 1. The highest BCUT2D eigenvalue weighted by atomic mass is 127. The van der Waals surface area contributed by atoms with E-state index in [0.717, 1.165) is 28.9 Å². The number of hydrogen-bond donors (Lipinski definition) is 2. The maximum Gasteiger partial charge on any atom is 0.250 e. The number of nitrogens with one attached hydrogen (secondary N) is 1. The second-order valence-electron chi connectivity index (χ2n) is 8.32. The second kappa shape index (κ2) is 10.5. The predicted octanol–water partition coefficient (Wildman–Crippen LogP) is 4.01. The van der Waals surface area contributed by atoms with Crippen LogP contribution in [-0.2, 0) is 4.74 Å². The zero-order chi connectivity index (χ0) is 23.3. The summed E-state index contributed by atoms with van der Waals surface area (Å²) in [6.07, 6.45) is 4.01. The normalized spacial score (nSPS) is 16.1. The van der Waals surface area contributed by atoms with Crippen molar-refractivity contribution in [1.82, 2.24) is 15.0 Å². The molecule has 0 radical (unpaired) electrons. The van der Waals surface area contributed by atoms with Gasteiger partial charge < -0.3 is 19.6 Å². The van der Waals surface area contributed by atoms with Crippen LogP contribution >= 0.6 is 22.6 Å². The Bertz CT molecular complexity index is 1150. The Kier molecular flexibility index (Phi) is 7.05. The summed E-state index contributed by atoms with van der Waals surface area (Å²) in [5, 5.41) is 14.4. The topological polar surface area (TPSA) is 99.0 Å². The van der Waals surface area contributed by atoms with Crippen LogP contribution in [0.25, 0.3) is 0 Å². The van der Waals surface area contributed by atoms with Gasteiger partial charge in [-0.25, -0.2) is 5.43 Å². The van der Waals surface area contributed by atoms with E-state index < -0.39 is 0 Å². The lowest BCUT2D eigenvalue weighted by Gasteiger charge is -2.28. The molecule has 2 N–H and O–H groups in total. The lowest BCUT2D eigenvalue weighted by atomic mass is 10.2. The molecule has 34 heavy (non-hydrogen) atoms. The number of aromatic nitrogens is 3. The number of benzene rings is 2. The van der Waals surface area contributed by atoms with Gasteiger partial charge in [0.05, 0.1) is 19.4 Å². The Balaban J connectivity index is 1.47. The van der Waals surface area contributed by atoms with Crippen LogP contribution in [-0.4, -0.2) is 59.1 Å². The largest absolute Gasteiger partial charge is 0.507 e. The lowest BCUT2D eigenvalue weighted by Crippen LogP contribution is -2.38. The van der Waals surface area contributed by atoms with Gasteiger partial charge in [-0.2, -0.15) is 20.1 Å². The third-order valence-corrected chi connectivity index (χ3v) is 6.38. The highest BCUT2D eigenvalue weighted by Gasteiger charge is 2.28. The number of hydrogen-bond acceptors (Lipinski definition) is 9. The summed E-state index contributed by atoms with van der Waals surface area (Å²) in [6.45, 7) is 3.57. The molecule has 1 aliphatic heterocycles. The molecular formula is C24H26IN7O2. The summed E-state index contributed by atoms with van der Waals surface area (Å²) < 4.78 is 6.51. The highest BCUT2D eigenvalue weighted by molar-refractivity contribution is 14.1. The monoisotopic (exact) mass is 571 g/mol. The van der Waals surface area contributed by atoms with E-state index in [-0.39, 0.29) is 5.75 Å². The standard InChI is InChI=1S/C24H26IN7O2/c25-19-8-9-21(33)18(14-19)15-26-30-22-27-23(31-10-12-34-13-11-31)29-24(28-22)32(16-17-6-7-17)20-4-2-1-3-5-20/h1-5,8-9,14-15,17,33H,6-7,10-13,16H2,(H,27,28,29,30)/b26-15+. The molecule has 2 aliphatic rings. The molecule has 0 unspecified atom stereocenters. The van der Waals surface area contributed by atoms with Crippen LogP contribution in [0.1, 0.15) is 18.4 Å². The third-order valence-electron chi connectivity index (χ3n) is 5.71. The summed E-state index contributed by atoms with van der Waals surface area (Å²) in [7, 11) is 0. The molecule has 176 valence electrons. The van der Waals surface area contributed by atoms with Crippen molar-refractivity contribution in [1.29, 1.82) is 0 Å². The van der Waals surface area contributed by atoms with Crippen molar-refractivity contribution in [2.75, 3.05) is 48.1 Å². The number of morpholine rings is 1. The number of halogens is 1. The molecule has 1 aromatic heterocycles. The predicted molar refractivity (Wildman–Crippen MR) is 141 cm³/mol. The number of rotatable bonds is 8. The zero-order valence-corrected chi connectivity index (χ0v) is 20.8. The van der Waals surface area contributed by atoms with Crippen LogP contribution in [0.15, 0.2) is 53.6 Å². The Morgan fingerprint density at radius 2 is 1.91 bits per heavy atom. The molecule has 2 heterocycles.